The van der Waals surface area contributed by atoms with E-state index >= 15 is 0 Å². The number of hydrogen-bond donors (Lipinski definition) is 1. The Morgan fingerprint density at radius 3 is 2.79 bits per heavy atom. The van der Waals surface area contributed by atoms with Gasteiger partial charge in [-0.3, -0.25) is 4.90 Å². The van der Waals surface area contributed by atoms with Crippen molar-refractivity contribution in [3.05, 3.63) is 22.4 Å². The molecule has 0 aromatic carbocycles. The average molecular weight is 280 g/mol. The van der Waals surface area contributed by atoms with Gasteiger partial charge in [-0.05, 0) is 37.1 Å². The predicted octanol–water partition coefficient (Wildman–Crippen LogP) is 3.39. The van der Waals surface area contributed by atoms with Crippen LogP contribution in [0.4, 0.5) is 0 Å². The first-order chi connectivity index (χ1) is 8.88. The SMILES string of the molecule is CC1CNC(C(C)(C)C)CN1C(C)Cc1cccs1. The molecular weight excluding hydrogens is 252 g/mol. The van der Waals surface area contributed by atoms with Crippen LogP contribution in [0.25, 0.3) is 0 Å². The van der Waals surface area contributed by atoms with Crippen molar-refractivity contribution in [2.24, 2.45) is 5.41 Å². The number of nitrogens with zero attached hydrogens (tertiary/aromatic N) is 1. The third-order valence-corrected chi connectivity index (χ3v) is 5.21. The van der Waals surface area contributed by atoms with Gasteiger partial charge in [0, 0.05) is 36.1 Å². The van der Waals surface area contributed by atoms with E-state index in [2.05, 4.69) is 62.3 Å². The molecule has 0 amide bonds. The van der Waals surface area contributed by atoms with E-state index in [1.807, 2.05) is 11.3 Å². The van der Waals surface area contributed by atoms with Crippen molar-refractivity contribution in [2.75, 3.05) is 13.1 Å². The second kappa shape index (κ2) is 5.94. The smallest absolute Gasteiger partial charge is 0.0244 e. The number of thiophene rings is 1. The van der Waals surface area contributed by atoms with Crippen molar-refractivity contribution in [1.29, 1.82) is 0 Å². The summed E-state index contributed by atoms with van der Waals surface area (Å²) in [6.07, 6.45) is 1.18. The fraction of sp³-hybridized carbons (Fsp3) is 0.750. The molecule has 2 heterocycles. The highest BCUT2D eigenvalue weighted by Gasteiger charge is 2.34. The summed E-state index contributed by atoms with van der Waals surface area (Å²) in [4.78, 5) is 4.19. The Hall–Kier alpha value is -0.380. The highest BCUT2D eigenvalue weighted by molar-refractivity contribution is 7.09. The highest BCUT2D eigenvalue weighted by Crippen LogP contribution is 2.25. The molecule has 0 aliphatic carbocycles. The quantitative estimate of drug-likeness (QED) is 0.913. The second-order valence-electron chi connectivity index (χ2n) is 7.01. The number of rotatable bonds is 3. The molecular formula is C16H28N2S. The molecule has 2 nitrogen and oxygen atoms in total. The van der Waals surface area contributed by atoms with E-state index in [9.17, 15) is 0 Å². The largest absolute Gasteiger partial charge is 0.311 e. The van der Waals surface area contributed by atoms with E-state index in [1.54, 1.807) is 0 Å². The van der Waals surface area contributed by atoms with Gasteiger partial charge in [-0.25, -0.2) is 0 Å². The molecule has 1 aromatic rings. The Labute approximate surface area is 122 Å². The highest BCUT2D eigenvalue weighted by atomic mass is 32.1. The number of hydrogen-bond acceptors (Lipinski definition) is 3. The Morgan fingerprint density at radius 2 is 2.21 bits per heavy atom. The summed E-state index contributed by atoms with van der Waals surface area (Å²) in [7, 11) is 0. The van der Waals surface area contributed by atoms with Gasteiger partial charge in [-0.15, -0.1) is 11.3 Å². The van der Waals surface area contributed by atoms with Crippen molar-refractivity contribution in [3.8, 4) is 0 Å². The van der Waals surface area contributed by atoms with E-state index < -0.39 is 0 Å². The van der Waals surface area contributed by atoms with Crippen molar-refractivity contribution in [1.82, 2.24) is 10.2 Å². The summed E-state index contributed by atoms with van der Waals surface area (Å²) >= 11 is 1.88. The van der Waals surface area contributed by atoms with Crippen LogP contribution < -0.4 is 5.32 Å². The van der Waals surface area contributed by atoms with E-state index in [1.165, 1.54) is 11.3 Å². The minimum atomic E-state index is 0.334. The third-order valence-electron chi connectivity index (χ3n) is 4.31. The number of nitrogens with one attached hydrogen (secondary N) is 1. The molecule has 19 heavy (non-hydrogen) atoms. The number of piperazine rings is 1. The maximum atomic E-state index is 3.71. The predicted molar refractivity (Wildman–Crippen MR) is 84.9 cm³/mol. The monoisotopic (exact) mass is 280 g/mol. The molecule has 0 saturated carbocycles. The van der Waals surface area contributed by atoms with E-state index in [0.29, 0.717) is 23.5 Å². The van der Waals surface area contributed by atoms with Crippen LogP contribution in [-0.4, -0.2) is 36.1 Å². The lowest BCUT2D eigenvalue weighted by Crippen LogP contribution is -2.61. The molecule has 108 valence electrons. The fourth-order valence-electron chi connectivity index (χ4n) is 2.92. The standard InChI is InChI=1S/C16H28N2S/c1-12(9-14-7-6-8-19-14)18-11-15(16(3,4)5)17-10-13(18)2/h6-8,12-13,15,17H,9-11H2,1-5H3. The minimum Gasteiger partial charge on any atom is -0.311 e. The zero-order chi connectivity index (χ0) is 14.0. The molecule has 3 unspecified atom stereocenters. The van der Waals surface area contributed by atoms with Crippen molar-refractivity contribution < 1.29 is 0 Å². The molecule has 0 radical (unpaired) electrons. The molecule has 1 aromatic heterocycles. The lowest BCUT2D eigenvalue weighted by molar-refractivity contribution is 0.0635. The van der Waals surface area contributed by atoms with Gasteiger partial charge in [-0.1, -0.05) is 26.8 Å². The first kappa shape index (κ1) is 15.0. The van der Waals surface area contributed by atoms with Crippen molar-refractivity contribution in [2.45, 2.75) is 59.2 Å². The Bertz CT molecular complexity index is 380. The Balaban J connectivity index is 2.00. The molecule has 1 fully saturated rings. The van der Waals surface area contributed by atoms with Gasteiger partial charge in [0.1, 0.15) is 0 Å². The van der Waals surface area contributed by atoms with Crippen LogP contribution >= 0.6 is 11.3 Å². The molecule has 3 atom stereocenters. The third kappa shape index (κ3) is 3.80. The molecule has 0 bridgehead atoms. The lowest BCUT2D eigenvalue weighted by Gasteiger charge is -2.46. The normalized spacial score (nSPS) is 27.4. The van der Waals surface area contributed by atoms with Gasteiger partial charge in [0.2, 0.25) is 0 Å². The molecule has 1 aliphatic heterocycles. The topological polar surface area (TPSA) is 15.3 Å². The summed E-state index contributed by atoms with van der Waals surface area (Å²) < 4.78 is 0. The molecule has 0 spiro atoms. The fourth-order valence-corrected chi connectivity index (χ4v) is 3.74. The first-order valence-corrected chi connectivity index (χ1v) is 8.27. The van der Waals surface area contributed by atoms with Crippen LogP contribution in [0.15, 0.2) is 17.5 Å². The van der Waals surface area contributed by atoms with Gasteiger partial charge in [0.25, 0.3) is 0 Å². The van der Waals surface area contributed by atoms with E-state index in [0.717, 1.165) is 13.1 Å². The zero-order valence-electron chi connectivity index (χ0n) is 12.9. The maximum absolute atomic E-state index is 3.71. The van der Waals surface area contributed by atoms with Crippen LogP contribution in [-0.2, 0) is 6.42 Å². The van der Waals surface area contributed by atoms with Crippen LogP contribution in [0, 0.1) is 5.41 Å². The van der Waals surface area contributed by atoms with Crippen LogP contribution in [0.2, 0.25) is 0 Å². The molecule has 2 rings (SSSR count). The van der Waals surface area contributed by atoms with Gasteiger partial charge in [-0.2, -0.15) is 0 Å². The van der Waals surface area contributed by atoms with Crippen molar-refractivity contribution in [3.63, 3.8) is 0 Å². The molecule has 1 aliphatic rings. The molecule has 1 N–H and O–H groups in total. The summed E-state index contributed by atoms with van der Waals surface area (Å²) in [6, 6.07) is 6.27. The lowest BCUT2D eigenvalue weighted by atomic mass is 9.84. The maximum Gasteiger partial charge on any atom is 0.0244 e. The first-order valence-electron chi connectivity index (χ1n) is 7.39. The summed E-state index contributed by atoms with van der Waals surface area (Å²) in [5, 5.41) is 5.90. The summed E-state index contributed by atoms with van der Waals surface area (Å²) in [5.74, 6) is 0. The van der Waals surface area contributed by atoms with Gasteiger partial charge in [0.15, 0.2) is 0 Å². The average Bonchev–Trinajstić information content (AvgIpc) is 2.80. The zero-order valence-corrected chi connectivity index (χ0v) is 13.8. The Morgan fingerprint density at radius 1 is 1.47 bits per heavy atom. The molecule has 3 heteroatoms. The van der Waals surface area contributed by atoms with Crippen LogP contribution in [0.3, 0.4) is 0 Å². The van der Waals surface area contributed by atoms with E-state index in [-0.39, 0.29) is 0 Å². The van der Waals surface area contributed by atoms with Crippen LogP contribution in [0.5, 0.6) is 0 Å². The van der Waals surface area contributed by atoms with Crippen LogP contribution in [0.1, 0.15) is 39.5 Å². The van der Waals surface area contributed by atoms with Gasteiger partial charge in [0.05, 0.1) is 0 Å². The molecule has 1 saturated heterocycles. The second-order valence-corrected chi connectivity index (χ2v) is 8.04. The summed E-state index contributed by atoms with van der Waals surface area (Å²) in [6.45, 7) is 14.0. The minimum absolute atomic E-state index is 0.334. The summed E-state index contributed by atoms with van der Waals surface area (Å²) in [5.41, 5.74) is 0.334. The Kier molecular flexibility index (Phi) is 4.70. The van der Waals surface area contributed by atoms with Crippen molar-refractivity contribution >= 4 is 11.3 Å². The van der Waals surface area contributed by atoms with Gasteiger partial charge < -0.3 is 5.32 Å². The van der Waals surface area contributed by atoms with E-state index in [4.69, 9.17) is 0 Å². The van der Waals surface area contributed by atoms with Gasteiger partial charge >= 0.3 is 0 Å².